The smallest absolute Gasteiger partial charge is 0.160 e. The Morgan fingerprint density at radius 2 is 0.560 bits per heavy atom. The molecule has 8 aromatic carbocycles. The molecule has 364 valence electrons. The molecular formula is C69H58N6. The van der Waals surface area contributed by atoms with Crippen LogP contribution in [0.5, 0.6) is 0 Å². The van der Waals surface area contributed by atoms with E-state index in [9.17, 15) is 0 Å². The lowest BCUT2D eigenvalue weighted by Crippen LogP contribution is -2.05. The number of hydrogen-bond acceptors (Lipinski definition) is 6. The molecule has 0 aliphatic carbocycles. The Morgan fingerprint density at radius 1 is 0.267 bits per heavy atom. The molecule has 0 N–H and O–H groups in total. The molecule has 0 radical (unpaired) electrons. The largest absolute Gasteiger partial charge is 0.233 e. The zero-order valence-corrected chi connectivity index (χ0v) is 42.8. The summed E-state index contributed by atoms with van der Waals surface area (Å²) in [7, 11) is 0. The average molecular weight is 971 g/mol. The predicted octanol–water partition coefficient (Wildman–Crippen LogP) is 17.2. The summed E-state index contributed by atoms with van der Waals surface area (Å²) in [4.78, 5) is 30.6. The van der Waals surface area contributed by atoms with Crippen LogP contribution in [-0.2, 0) is 12.8 Å². The molecule has 0 fully saturated rings. The number of nitrogens with zero attached hydrogens (tertiary/aromatic N) is 6. The second kappa shape index (κ2) is 22.0. The van der Waals surface area contributed by atoms with Crippen LogP contribution < -0.4 is 0 Å². The van der Waals surface area contributed by atoms with E-state index in [1.54, 1.807) is 0 Å². The van der Waals surface area contributed by atoms with Crippen LogP contribution in [-0.4, -0.2) is 29.9 Å². The Balaban J connectivity index is 0.809. The van der Waals surface area contributed by atoms with Crippen molar-refractivity contribution in [1.82, 2.24) is 29.9 Å². The van der Waals surface area contributed by atoms with Crippen molar-refractivity contribution in [3.63, 3.8) is 0 Å². The summed E-state index contributed by atoms with van der Waals surface area (Å²) in [5.41, 5.74) is 18.9. The third kappa shape index (κ3) is 11.3. The maximum absolute atomic E-state index is 5.20. The molecule has 0 spiro atoms. The standard InChI is InChI=1S/C69H58N6/c1-46(2)51-33-37-57(38-34-51)66-45-65(74-68(75-66)59-23-15-8-16-24-59)56-31-27-50(28-32-56)42-48(4)61-43-62(71-67(70-61)58-21-13-7-14-22-58)55-29-25-49(26-30-55)41-47(3)52-35-39-60(40-36-52)69-72-63(53-17-9-5-10-18-53)44-64(73-69)54-19-11-6-12-20-54/h5-40,43-48H,41-42H2,1-4H3. The van der Waals surface area contributed by atoms with Gasteiger partial charge in [-0.05, 0) is 65.1 Å². The molecule has 11 aromatic rings. The molecule has 0 bridgehead atoms. The quantitative estimate of drug-likeness (QED) is 0.102. The second-order valence-electron chi connectivity index (χ2n) is 19.9. The summed E-state index contributed by atoms with van der Waals surface area (Å²) >= 11 is 0. The van der Waals surface area contributed by atoms with Crippen LogP contribution in [0, 0.1) is 0 Å². The van der Waals surface area contributed by atoms with E-state index in [1.165, 1.54) is 22.3 Å². The first-order chi connectivity index (χ1) is 36.8. The van der Waals surface area contributed by atoms with E-state index in [1.807, 2.05) is 72.8 Å². The average Bonchev–Trinajstić information content (AvgIpc) is 3.48. The van der Waals surface area contributed by atoms with E-state index in [-0.39, 0.29) is 5.92 Å². The van der Waals surface area contributed by atoms with Crippen LogP contribution >= 0.6 is 0 Å². The van der Waals surface area contributed by atoms with Gasteiger partial charge in [-0.2, -0.15) is 0 Å². The van der Waals surface area contributed by atoms with Gasteiger partial charge in [-0.25, -0.2) is 29.9 Å². The van der Waals surface area contributed by atoms with Gasteiger partial charge in [-0.15, -0.1) is 0 Å². The minimum Gasteiger partial charge on any atom is -0.233 e. The van der Waals surface area contributed by atoms with Crippen molar-refractivity contribution in [3.05, 3.63) is 265 Å². The van der Waals surface area contributed by atoms with Crippen LogP contribution in [0.3, 0.4) is 0 Å². The van der Waals surface area contributed by atoms with Crippen LogP contribution in [0.4, 0.5) is 0 Å². The Morgan fingerprint density at radius 3 is 0.960 bits per heavy atom. The van der Waals surface area contributed by atoms with E-state index in [2.05, 4.69) is 191 Å². The van der Waals surface area contributed by atoms with Crippen molar-refractivity contribution in [1.29, 1.82) is 0 Å². The molecule has 0 aliphatic rings. The van der Waals surface area contributed by atoms with Gasteiger partial charge in [-0.3, -0.25) is 0 Å². The first-order valence-electron chi connectivity index (χ1n) is 26.0. The van der Waals surface area contributed by atoms with Crippen molar-refractivity contribution in [3.8, 4) is 90.5 Å². The SMILES string of the molecule is CC(C)c1ccc(-c2cc(-c3ccc(CC(C)c4cc(-c5ccc(CC(C)c6ccc(-c7nc(-c8ccccc8)cc(-c8ccccc8)n7)cc6)cc5)nc(-c5ccccc5)n4)cc3)nc(-c3ccccc3)n2)cc1. The molecule has 6 nitrogen and oxygen atoms in total. The maximum atomic E-state index is 5.20. The fraction of sp³-hybridized carbons (Fsp3) is 0.130. The van der Waals surface area contributed by atoms with E-state index >= 15 is 0 Å². The molecule has 0 saturated carbocycles. The number of aromatic nitrogens is 6. The Hall–Kier alpha value is -9.00. The molecule has 2 unspecified atom stereocenters. The normalized spacial score (nSPS) is 12.1. The Labute approximate surface area is 441 Å². The summed E-state index contributed by atoms with van der Waals surface area (Å²) in [6.45, 7) is 8.99. The highest BCUT2D eigenvalue weighted by atomic mass is 14.9. The highest BCUT2D eigenvalue weighted by Crippen LogP contribution is 2.33. The minimum absolute atomic E-state index is 0.126. The molecular weight excluding hydrogens is 913 g/mol. The number of hydrogen-bond donors (Lipinski definition) is 0. The van der Waals surface area contributed by atoms with Crippen LogP contribution in [0.25, 0.3) is 90.5 Å². The lowest BCUT2D eigenvalue weighted by atomic mass is 9.92. The topological polar surface area (TPSA) is 77.3 Å². The fourth-order valence-corrected chi connectivity index (χ4v) is 9.68. The second-order valence-corrected chi connectivity index (χ2v) is 19.9. The molecule has 6 heteroatoms. The van der Waals surface area contributed by atoms with Crippen LogP contribution in [0.15, 0.2) is 237 Å². The molecule has 2 atom stereocenters. The van der Waals surface area contributed by atoms with Gasteiger partial charge in [0.15, 0.2) is 17.5 Å². The Kier molecular flexibility index (Phi) is 14.2. The number of rotatable bonds is 15. The van der Waals surface area contributed by atoms with E-state index < -0.39 is 0 Å². The zero-order chi connectivity index (χ0) is 51.1. The van der Waals surface area contributed by atoms with Crippen molar-refractivity contribution in [2.45, 2.75) is 58.3 Å². The summed E-state index contributed by atoms with van der Waals surface area (Å²) in [5, 5.41) is 0. The van der Waals surface area contributed by atoms with Crippen LogP contribution in [0.1, 0.15) is 73.4 Å². The summed E-state index contributed by atoms with van der Waals surface area (Å²) in [6, 6.07) is 82.8. The lowest BCUT2D eigenvalue weighted by molar-refractivity contribution is 0.728. The van der Waals surface area contributed by atoms with Gasteiger partial charge in [0.1, 0.15) is 0 Å². The van der Waals surface area contributed by atoms with Crippen molar-refractivity contribution in [2.75, 3.05) is 0 Å². The van der Waals surface area contributed by atoms with Gasteiger partial charge >= 0.3 is 0 Å². The molecule has 3 heterocycles. The highest BCUT2D eigenvalue weighted by Gasteiger charge is 2.18. The number of benzene rings is 8. The maximum Gasteiger partial charge on any atom is 0.160 e. The van der Waals surface area contributed by atoms with Gasteiger partial charge in [0.05, 0.1) is 28.5 Å². The third-order valence-electron chi connectivity index (χ3n) is 14.1. The molecule has 11 rings (SSSR count). The highest BCUT2D eigenvalue weighted by molar-refractivity contribution is 5.74. The lowest BCUT2D eigenvalue weighted by Gasteiger charge is -2.16. The van der Waals surface area contributed by atoms with Gasteiger partial charge in [0.25, 0.3) is 0 Å². The molecule has 0 saturated heterocycles. The third-order valence-corrected chi connectivity index (χ3v) is 14.1. The van der Waals surface area contributed by atoms with E-state index in [4.69, 9.17) is 29.9 Å². The van der Waals surface area contributed by atoms with Crippen molar-refractivity contribution < 1.29 is 0 Å². The van der Waals surface area contributed by atoms with Gasteiger partial charge in [0.2, 0.25) is 0 Å². The zero-order valence-electron chi connectivity index (χ0n) is 42.8. The summed E-state index contributed by atoms with van der Waals surface area (Å²) in [6.07, 6.45) is 1.72. The molecule has 0 amide bonds. The molecule has 3 aromatic heterocycles. The van der Waals surface area contributed by atoms with Crippen molar-refractivity contribution in [2.24, 2.45) is 0 Å². The Bertz CT molecular complexity index is 3600. The van der Waals surface area contributed by atoms with Gasteiger partial charge in [-0.1, -0.05) is 246 Å². The van der Waals surface area contributed by atoms with E-state index in [0.29, 0.717) is 23.5 Å². The van der Waals surface area contributed by atoms with Crippen LogP contribution in [0.2, 0.25) is 0 Å². The predicted molar refractivity (Wildman–Crippen MR) is 308 cm³/mol. The molecule has 0 aliphatic heterocycles. The fourth-order valence-electron chi connectivity index (χ4n) is 9.68. The monoisotopic (exact) mass is 970 g/mol. The first kappa shape index (κ1) is 48.3. The first-order valence-corrected chi connectivity index (χ1v) is 26.0. The minimum atomic E-state index is 0.126. The van der Waals surface area contributed by atoms with E-state index in [0.717, 1.165) is 97.3 Å². The summed E-state index contributed by atoms with van der Waals surface area (Å²) in [5.74, 6) is 3.04. The van der Waals surface area contributed by atoms with Gasteiger partial charge in [0, 0.05) is 56.1 Å². The summed E-state index contributed by atoms with van der Waals surface area (Å²) < 4.78 is 0. The van der Waals surface area contributed by atoms with Gasteiger partial charge < -0.3 is 0 Å². The van der Waals surface area contributed by atoms with Crippen molar-refractivity contribution >= 4 is 0 Å². The molecule has 75 heavy (non-hydrogen) atoms.